The molecule has 0 spiro atoms. The minimum atomic E-state index is -4.20. The molecule has 0 aliphatic heterocycles. The quantitative estimate of drug-likeness (QED) is 0.333. The predicted octanol–water partition coefficient (Wildman–Crippen LogP) is 1.64. The third kappa shape index (κ3) is 5.79. The molecule has 0 aliphatic carbocycles. The highest BCUT2D eigenvalue weighted by atomic mass is 19.4. The molecule has 96 valence electrons. The van der Waals surface area contributed by atoms with E-state index in [4.69, 9.17) is 10.9 Å². The summed E-state index contributed by atoms with van der Waals surface area (Å²) in [6.07, 6.45) is -3.81. The maximum Gasteiger partial charge on any atom is 0.401 e. The van der Waals surface area contributed by atoms with Gasteiger partial charge in [0, 0.05) is 5.41 Å². The van der Waals surface area contributed by atoms with Crippen molar-refractivity contribution in [2.45, 2.75) is 26.4 Å². The molecule has 0 unspecified atom stereocenters. The normalized spacial score (nSPS) is 14.6. The molecule has 0 bridgehead atoms. The third-order valence-corrected chi connectivity index (χ3v) is 2.37. The van der Waals surface area contributed by atoms with Gasteiger partial charge in [-0.15, -0.1) is 0 Å². The van der Waals surface area contributed by atoms with Crippen LogP contribution in [0.2, 0.25) is 0 Å². The van der Waals surface area contributed by atoms with Gasteiger partial charge < -0.3 is 10.9 Å². The SMILES string of the molecule is CN(CCC(C)(C)C(N)=NO)CC(F)(F)F. The first-order valence-corrected chi connectivity index (χ1v) is 4.82. The van der Waals surface area contributed by atoms with Crippen LogP contribution in [0.25, 0.3) is 0 Å². The van der Waals surface area contributed by atoms with Crippen LogP contribution >= 0.6 is 0 Å². The second-order valence-electron chi connectivity index (χ2n) is 4.47. The van der Waals surface area contributed by atoms with Gasteiger partial charge in [0.2, 0.25) is 0 Å². The number of rotatable bonds is 5. The molecule has 0 fully saturated rings. The first kappa shape index (κ1) is 15.0. The molecule has 0 aromatic heterocycles. The molecular formula is C9H18F3N3O. The smallest absolute Gasteiger partial charge is 0.401 e. The first-order chi connectivity index (χ1) is 7.08. The summed E-state index contributed by atoms with van der Waals surface area (Å²) < 4.78 is 36.1. The van der Waals surface area contributed by atoms with Crippen molar-refractivity contribution in [1.82, 2.24) is 4.90 Å². The number of alkyl halides is 3. The maximum atomic E-state index is 12.0. The number of halogens is 3. The van der Waals surface area contributed by atoms with Crippen molar-refractivity contribution in [3.63, 3.8) is 0 Å². The topological polar surface area (TPSA) is 61.8 Å². The minimum absolute atomic E-state index is 0.0212. The largest absolute Gasteiger partial charge is 0.409 e. The molecule has 0 saturated heterocycles. The molecular weight excluding hydrogens is 223 g/mol. The third-order valence-electron chi connectivity index (χ3n) is 2.37. The molecule has 0 aromatic rings. The highest BCUT2D eigenvalue weighted by Gasteiger charge is 2.30. The highest BCUT2D eigenvalue weighted by Crippen LogP contribution is 2.22. The van der Waals surface area contributed by atoms with Crippen molar-refractivity contribution in [3.8, 4) is 0 Å². The highest BCUT2D eigenvalue weighted by molar-refractivity contribution is 5.85. The van der Waals surface area contributed by atoms with Gasteiger partial charge in [-0.1, -0.05) is 19.0 Å². The first-order valence-electron chi connectivity index (χ1n) is 4.82. The van der Waals surface area contributed by atoms with Crippen LogP contribution in [0, 0.1) is 5.41 Å². The van der Waals surface area contributed by atoms with Gasteiger partial charge in [-0.05, 0) is 20.0 Å². The zero-order valence-corrected chi connectivity index (χ0v) is 9.67. The minimum Gasteiger partial charge on any atom is -0.409 e. The molecule has 3 N–H and O–H groups in total. The molecule has 0 atom stereocenters. The van der Waals surface area contributed by atoms with E-state index in [1.54, 1.807) is 13.8 Å². The van der Waals surface area contributed by atoms with Crippen molar-refractivity contribution in [3.05, 3.63) is 0 Å². The Hall–Kier alpha value is -0.980. The summed E-state index contributed by atoms with van der Waals surface area (Å²) in [5.74, 6) is 0.0212. The zero-order valence-electron chi connectivity index (χ0n) is 9.67. The Morgan fingerprint density at radius 2 is 1.88 bits per heavy atom. The van der Waals surface area contributed by atoms with Gasteiger partial charge in [0.15, 0.2) is 0 Å². The number of hydrogen-bond acceptors (Lipinski definition) is 3. The van der Waals surface area contributed by atoms with Crippen molar-refractivity contribution >= 4 is 5.84 Å². The Morgan fingerprint density at radius 1 is 1.38 bits per heavy atom. The summed E-state index contributed by atoms with van der Waals surface area (Å²) in [6.45, 7) is 2.69. The standard InChI is InChI=1S/C9H18F3N3O/c1-8(2,7(13)14-16)4-5-15(3)6-9(10,11)12/h16H,4-6H2,1-3H3,(H2,13,14). The van der Waals surface area contributed by atoms with Crippen LogP contribution in [0.15, 0.2) is 5.16 Å². The molecule has 7 heteroatoms. The van der Waals surface area contributed by atoms with E-state index >= 15 is 0 Å². The van der Waals surface area contributed by atoms with E-state index in [0.29, 0.717) is 6.42 Å². The fraction of sp³-hybridized carbons (Fsp3) is 0.889. The Labute approximate surface area is 92.9 Å². The van der Waals surface area contributed by atoms with Crippen molar-refractivity contribution in [2.24, 2.45) is 16.3 Å². The summed E-state index contributed by atoms with van der Waals surface area (Å²) >= 11 is 0. The monoisotopic (exact) mass is 241 g/mol. The summed E-state index contributed by atoms with van der Waals surface area (Å²) in [4.78, 5) is 1.16. The summed E-state index contributed by atoms with van der Waals surface area (Å²) in [6, 6.07) is 0. The number of oxime groups is 1. The van der Waals surface area contributed by atoms with Crippen LogP contribution in [0.5, 0.6) is 0 Å². The van der Waals surface area contributed by atoms with Crippen LogP contribution in [-0.2, 0) is 0 Å². The van der Waals surface area contributed by atoms with Crippen LogP contribution in [-0.4, -0.2) is 42.3 Å². The summed E-state index contributed by atoms with van der Waals surface area (Å²) in [5.41, 5.74) is 4.81. The lowest BCUT2D eigenvalue weighted by Crippen LogP contribution is -2.38. The zero-order chi connectivity index (χ0) is 13.0. The summed E-state index contributed by atoms with van der Waals surface area (Å²) in [5, 5.41) is 11.4. The van der Waals surface area contributed by atoms with E-state index in [1.165, 1.54) is 7.05 Å². The fourth-order valence-corrected chi connectivity index (χ4v) is 1.12. The van der Waals surface area contributed by atoms with E-state index in [2.05, 4.69) is 5.16 Å². The van der Waals surface area contributed by atoms with E-state index in [0.717, 1.165) is 4.90 Å². The van der Waals surface area contributed by atoms with Gasteiger partial charge in [0.1, 0.15) is 5.84 Å². The van der Waals surface area contributed by atoms with Crippen molar-refractivity contribution in [2.75, 3.05) is 20.1 Å². The van der Waals surface area contributed by atoms with Crippen molar-refractivity contribution < 1.29 is 18.4 Å². The van der Waals surface area contributed by atoms with Gasteiger partial charge in [-0.3, -0.25) is 4.90 Å². The van der Waals surface area contributed by atoms with Crippen molar-refractivity contribution in [1.29, 1.82) is 0 Å². The molecule has 4 nitrogen and oxygen atoms in total. The molecule has 0 aromatic carbocycles. The lowest BCUT2D eigenvalue weighted by atomic mass is 9.88. The fourth-order valence-electron chi connectivity index (χ4n) is 1.12. The molecule has 0 aliphatic rings. The predicted molar refractivity (Wildman–Crippen MR) is 55.4 cm³/mol. The van der Waals surface area contributed by atoms with Crippen LogP contribution in [0.4, 0.5) is 13.2 Å². The van der Waals surface area contributed by atoms with E-state index < -0.39 is 18.1 Å². The number of amidine groups is 1. The van der Waals surface area contributed by atoms with Gasteiger partial charge in [0.25, 0.3) is 0 Å². The number of nitrogens with zero attached hydrogens (tertiary/aromatic N) is 2. The Bertz CT molecular complexity index is 251. The van der Waals surface area contributed by atoms with Gasteiger partial charge in [-0.2, -0.15) is 13.2 Å². The Morgan fingerprint density at radius 3 is 2.25 bits per heavy atom. The van der Waals surface area contributed by atoms with Gasteiger partial charge in [0.05, 0.1) is 6.54 Å². The van der Waals surface area contributed by atoms with Gasteiger partial charge in [-0.25, -0.2) is 0 Å². The average Bonchev–Trinajstić information content (AvgIpc) is 2.11. The lowest BCUT2D eigenvalue weighted by Gasteiger charge is -2.26. The maximum absolute atomic E-state index is 12.0. The second kappa shape index (κ2) is 5.38. The molecule has 0 rings (SSSR count). The number of nitrogens with two attached hydrogens (primary N) is 1. The molecule has 16 heavy (non-hydrogen) atoms. The molecule has 0 heterocycles. The number of hydrogen-bond donors (Lipinski definition) is 2. The van der Waals surface area contributed by atoms with E-state index in [1.807, 2.05) is 0 Å². The Kier molecular flexibility index (Phi) is 5.05. The average molecular weight is 241 g/mol. The van der Waals surface area contributed by atoms with Crippen LogP contribution in [0.3, 0.4) is 0 Å². The molecule has 0 radical (unpaired) electrons. The van der Waals surface area contributed by atoms with E-state index in [9.17, 15) is 13.2 Å². The van der Waals surface area contributed by atoms with Crippen LogP contribution in [0.1, 0.15) is 20.3 Å². The van der Waals surface area contributed by atoms with Crippen LogP contribution < -0.4 is 5.73 Å². The lowest BCUT2D eigenvalue weighted by molar-refractivity contribution is -0.143. The summed E-state index contributed by atoms with van der Waals surface area (Å²) in [7, 11) is 1.38. The molecule has 0 saturated carbocycles. The second-order valence-corrected chi connectivity index (χ2v) is 4.47. The van der Waals surface area contributed by atoms with E-state index in [-0.39, 0.29) is 12.4 Å². The van der Waals surface area contributed by atoms with Gasteiger partial charge >= 0.3 is 6.18 Å². The Balaban J connectivity index is 4.15. The molecule has 0 amide bonds.